The SMILES string of the molecule is COc1cc(C)nc(CNC2CC2c2ccccc2)c1. The van der Waals surface area contributed by atoms with Crippen LogP contribution in [-0.2, 0) is 6.54 Å². The second kappa shape index (κ2) is 5.63. The average Bonchev–Trinajstić information content (AvgIpc) is 3.25. The first-order valence-corrected chi connectivity index (χ1v) is 7.06. The maximum Gasteiger partial charge on any atom is 0.122 e. The van der Waals surface area contributed by atoms with Gasteiger partial charge in [-0.1, -0.05) is 30.3 Å². The largest absolute Gasteiger partial charge is 0.497 e. The zero-order valence-corrected chi connectivity index (χ0v) is 12.0. The van der Waals surface area contributed by atoms with Crippen molar-refractivity contribution >= 4 is 0 Å². The zero-order valence-electron chi connectivity index (χ0n) is 12.0. The van der Waals surface area contributed by atoms with Crippen LogP contribution in [0.3, 0.4) is 0 Å². The second-order valence-electron chi connectivity index (χ2n) is 5.38. The molecule has 104 valence electrons. The van der Waals surface area contributed by atoms with Crippen molar-refractivity contribution < 1.29 is 4.74 Å². The van der Waals surface area contributed by atoms with Gasteiger partial charge in [-0.15, -0.1) is 0 Å². The van der Waals surface area contributed by atoms with Gasteiger partial charge >= 0.3 is 0 Å². The summed E-state index contributed by atoms with van der Waals surface area (Å²) in [7, 11) is 1.69. The number of pyridine rings is 1. The van der Waals surface area contributed by atoms with Crippen molar-refractivity contribution in [3.05, 3.63) is 59.4 Å². The second-order valence-corrected chi connectivity index (χ2v) is 5.38. The van der Waals surface area contributed by atoms with E-state index in [4.69, 9.17) is 4.74 Å². The van der Waals surface area contributed by atoms with Gasteiger partial charge in [-0.05, 0) is 18.9 Å². The van der Waals surface area contributed by atoms with Crippen LogP contribution in [0.1, 0.15) is 29.3 Å². The number of ether oxygens (including phenoxy) is 1. The first kappa shape index (κ1) is 13.1. The smallest absolute Gasteiger partial charge is 0.122 e. The Morgan fingerprint density at radius 2 is 2.05 bits per heavy atom. The summed E-state index contributed by atoms with van der Waals surface area (Å²) >= 11 is 0. The van der Waals surface area contributed by atoms with Crippen LogP contribution in [0.15, 0.2) is 42.5 Å². The average molecular weight is 268 g/mol. The van der Waals surface area contributed by atoms with E-state index in [0.29, 0.717) is 12.0 Å². The van der Waals surface area contributed by atoms with Crippen molar-refractivity contribution in [3.8, 4) is 5.75 Å². The van der Waals surface area contributed by atoms with Crippen molar-refractivity contribution in [3.63, 3.8) is 0 Å². The number of methoxy groups -OCH3 is 1. The van der Waals surface area contributed by atoms with Gasteiger partial charge in [0.25, 0.3) is 0 Å². The summed E-state index contributed by atoms with van der Waals surface area (Å²) in [6.45, 7) is 2.79. The Kier molecular flexibility index (Phi) is 3.70. The van der Waals surface area contributed by atoms with E-state index in [1.54, 1.807) is 7.11 Å². The summed E-state index contributed by atoms with van der Waals surface area (Å²) in [5.74, 6) is 1.53. The van der Waals surface area contributed by atoms with Crippen LogP contribution in [0.25, 0.3) is 0 Å². The zero-order chi connectivity index (χ0) is 13.9. The molecule has 1 N–H and O–H groups in total. The molecule has 1 aliphatic carbocycles. The molecule has 2 unspecified atom stereocenters. The number of aryl methyl sites for hydroxylation is 1. The molecule has 2 aromatic rings. The molecule has 3 heteroatoms. The summed E-state index contributed by atoms with van der Waals surface area (Å²) < 4.78 is 5.28. The molecule has 0 aliphatic heterocycles. The fourth-order valence-corrected chi connectivity index (χ4v) is 2.64. The van der Waals surface area contributed by atoms with Crippen LogP contribution >= 0.6 is 0 Å². The molecule has 1 aromatic heterocycles. The Labute approximate surface area is 120 Å². The fourth-order valence-electron chi connectivity index (χ4n) is 2.64. The van der Waals surface area contributed by atoms with E-state index in [1.807, 2.05) is 19.1 Å². The van der Waals surface area contributed by atoms with Gasteiger partial charge in [-0.3, -0.25) is 4.98 Å². The lowest BCUT2D eigenvalue weighted by atomic mass is 10.1. The lowest BCUT2D eigenvalue weighted by Gasteiger charge is -2.07. The van der Waals surface area contributed by atoms with Gasteiger partial charge in [0, 0.05) is 36.3 Å². The number of nitrogens with one attached hydrogen (secondary N) is 1. The molecule has 20 heavy (non-hydrogen) atoms. The molecule has 1 saturated carbocycles. The predicted octanol–water partition coefficient (Wildman–Crippen LogP) is 3.04. The molecule has 1 aromatic carbocycles. The third kappa shape index (κ3) is 2.99. The normalized spacial score (nSPS) is 20.7. The summed E-state index contributed by atoms with van der Waals surface area (Å²) in [5.41, 5.74) is 3.47. The van der Waals surface area contributed by atoms with Gasteiger partial charge in [0.15, 0.2) is 0 Å². The number of aromatic nitrogens is 1. The minimum Gasteiger partial charge on any atom is -0.497 e. The Bertz CT molecular complexity index is 583. The van der Waals surface area contributed by atoms with Gasteiger partial charge in [0.2, 0.25) is 0 Å². The molecule has 0 spiro atoms. The molecule has 1 fully saturated rings. The standard InChI is InChI=1S/C17H20N2O/c1-12-8-15(20-2)9-14(19-12)11-18-17-10-16(17)13-6-4-3-5-7-13/h3-9,16-18H,10-11H2,1-2H3. The van der Waals surface area contributed by atoms with Gasteiger partial charge in [-0.2, -0.15) is 0 Å². The van der Waals surface area contributed by atoms with Crippen molar-refractivity contribution in [2.45, 2.75) is 31.8 Å². The summed E-state index contributed by atoms with van der Waals surface area (Å²) in [6, 6.07) is 15.2. The van der Waals surface area contributed by atoms with E-state index in [1.165, 1.54) is 12.0 Å². The minimum atomic E-state index is 0.575. The fraction of sp³-hybridized carbons (Fsp3) is 0.353. The van der Waals surface area contributed by atoms with Crippen LogP contribution < -0.4 is 10.1 Å². The van der Waals surface area contributed by atoms with Gasteiger partial charge < -0.3 is 10.1 Å². The molecule has 0 saturated heterocycles. The Balaban J connectivity index is 1.58. The highest BCUT2D eigenvalue weighted by molar-refractivity contribution is 5.29. The highest BCUT2D eigenvalue weighted by Gasteiger charge is 2.37. The predicted molar refractivity (Wildman–Crippen MR) is 80.0 cm³/mol. The van der Waals surface area contributed by atoms with Crippen LogP contribution in [0.4, 0.5) is 0 Å². The van der Waals surface area contributed by atoms with Gasteiger partial charge in [0.05, 0.1) is 12.8 Å². The minimum absolute atomic E-state index is 0.575. The summed E-state index contributed by atoms with van der Waals surface area (Å²) in [5, 5.41) is 3.58. The molecule has 2 atom stereocenters. The molecule has 0 amide bonds. The molecular weight excluding hydrogens is 248 g/mol. The van der Waals surface area contributed by atoms with E-state index < -0.39 is 0 Å². The van der Waals surface area contributed by atoms with Crippen molar-refractivity contribution in [2.24, 2.45) is 0 Å². The third-order valence-corrected chi connectivity index (χ3v) is 3.78. The molecular formula is C17H20N2O. The van der Waals surface area contributed by atoms with Crippen LogP contribution in [0, 0.1) is 6.92 Å². The van der Waals surface area contributed by atoms with E-state index in [9.17, 15) is 0 Å². The van der Waals surface area contributed by atoms with Crippen molar-refractivity contribution in [1.29, 1.82) is 0 Å². The highest BCUT2D eigenvalue weighted by Crippen LogP contribution is 2.40. The number of benzene rings is 1. The van der Waals surface area contributed by atoms with E-state index in [-0.39, 0.29) is 0 Å². The molecule has 0 radical (unpaired) electrons. The highest BCUT2D eigenvalue weighted by atomic mass is 16.5. The van der Waals surface area contributed by atoms with Crippen molar-refractivity contribution in [1.82, 2.24) is 10.3 Å². The maximum absolute atomic E-state index is 5.28. The van der Waals surface area contributed by atoms with Crippen LogP contribution in [0.2, 0.25) is 0 Å². The maximum atomic E-state index is 5.28. The van der Waals surface area contributed by atoms with Crippen LogP contribution in [0.5, 0.6) is 5.75 Å². The lowest BCUT2D eigenvalue weighted by Crippen LogP contribution is -2.18. The molecule has 1 aliphatic rings. The Morgan fingerprint density at radius 3 is 2.80 bits per heavy atom. The van der Waals surface area contributed by atoms with Gasteiger partial charge in [-0.25, -0.2) is 0 Å². The first-order valence-electron chi connectivity index (χ1n) is 7.06. The topological polar surface area (TPSA) is 34.1 Å². The molecule has 1 heterocycles. The van der Waals surface area contributed by atoms with Crippen molar-refractivity contribution in [2.75, 3.05) is 7.11 Å². The summed E-state index contributed by atoms with van der Waals surface area (Å²) in [6.07, 6.45) is 1.22. The molecule has 0 bridgehead atoms. The number of rotatable bonds is 5. The molecule has 3 rings (SSSR count). The quantitative estimate of drug-likeness (QED) is 0.905. The number of hydrogen-bond acceptors (Lipinski definition) is 3. The molecule has 3 nitrogen and oxygen atoms in total. The number of nitrogens with zero attached hydrogens (tertiary/aromatic N) is 1. The van der Waals surface area contributed by atoms with E-state index >= 15 is 0 Å². The first-order chi connectivity index (χ1) is 9.76. The third-order valence-electron chi connectivity index (χ3n) is 3.78. The Morgan fingerprint density at radius 1 is 1.25 bits per heavy atom. The van der Waals surface area contributed by atoms with E-state index in [0.717, 1.165) is 23.7 Å². The van der Waals surface area contributed by atoms with Crippen LogP contribution in [-0.4, -0.2) is 18.1 Å². The lowest BCUT2D eigenvalue weighted by molar-refractivity contribution is 0.412. The monoisotopic (exact) mass is 268 g/mol. The van der Waals surface area contributed by atoms with Gasteiger partial charge in [0.1, 0.15) is 5.75 Å². The van der Waals surface area contributed by atoms with E-state index in [2.05, 4.69) is 40.6 Å². The Hall–Kier alpha value is -1.87. The summed E-state index contributed by atoms with van der Waals surface area (Å²) in [4.78, 5) is 4.54. The number of hydrogen-bond donors (Lipinski definition) is 1.